The van der Waals surface area contributed by atoms with E-state index in [1.165, 1.54) is 12.3 Å². The van der Waals surface area contributed by atoms with Gasteiger partial charge in [-0.05, 0) is 18.6 Å². The summed E-state index contributed by atoms with van der Waals surface area (Å²) in [6, 6.07) is 3.02. The summed E-state index contributed by atoms with van der Waals surface area (Å²) in [6.07, 6.45) is 2.68. The van der Waals surface area contributed by atoms with Gasteiger partial charge in [0, 0.05) is 19.3 Å². The first-order valence-electron chi connectivity index (χ1n) is 5.62. The minimum absolute atomic E-state index is 0.0748. The zero-order chi connectivity index (χ0) is 15.2. The van der Waals surface area contributed by atoms with Gasteiger partial charge in [0.05, 0.1) is 11.9 Å². The van der Waals surface area contributed by atoms with Crippen LogP contribution >= 0.6 is 0 Å². The van der Waals surface area contributed by atoms with Gasteiger partial charge in [-0.2, -0.15) is 0 Å². The fourth-order valence-corrected chi connectivity index (χ4v) is 3.02. The molecular weight excluding hydrogens is 306 g/mol. The third-order valence-corrected chi connectivity index (χ3v) is 4.34. The lowest BCUT2D eigenvalue weighted by atomic mass is 10.4. The fourth-order valence-electron chi connectivity index (χ4n) is 1.34. The van der Waals surface area contributed by atoms with Crippen molar-refractivity contribution < 1.29 is 16.8 Å². The number of anilines is 1. The first kappa shape index (κ1) is 16.8. The van der Waals surface area contributed by atoms with Crippen LogP contribution in [0, 0.1) is 0 Å². The number of hydrogen-bond acceptors (Lipinski definition) is 7. The van der Waals surface area contributed by atoms with Gasteiger partial charge in [-0.1, -0.05) is 0 Å². The second kappa shape index (κ2) is 6.95. The van der Waals surface area contributed by atoms with Crippen LogP contribution < -0.4 is 20.7 Å². The minimum atomic E-state index is -3.80. The Bertz CT molecular complexity index is 644. The highest BCUT2D eigenvalue weighted by atomic mass is 32.2. The maximum absolute atomic E-state index is 12.0. The van der Waals surface area contributed by atoms with E-state index in [9.17, 15) is 16.8 Å². The highest BCUT2D eigenvalue weighted by Crippen LogP contribution is 2.15. The summed E-state index contributed by atoms with van der Waals surface area (Å²) in [5.41, 5.74) is 2.43. The maximum atomic E-state index is 12.0. The van der Waals surface area contributed by atoms with Crippen molar-refractivity contribution in [2.45, 2.75) is 11.4 Å². The number of aromatic nitrogens is 1. The molecule has 0 bridgehead atoms. The number of nitrogens with two attached hydrogens (primary N) is 1. The quantitative estimate of drug-likeness (QED) is 0.261. The van der Waals surface area contributed by atoms with E-state index in [-0.39, 0.29) is 23.8 Å². The van der Waals surface area contributed by atoms with Crippen LogP contribution in [-0.4, -0.2) is 41.2 Å². The van der Waals surface area contributed by atoms with Gasteiger partial charge < -0.3 is 5.43 Å². The topological polar surface area (TPSA) is 143 Å². The first-order valence-corrected chi connectivity index (χ1v) is 8.99. The van der Waals surface area contributed by atoms with Gasteiger partial charge in [0.1, 0.15) is 0 Å². The van der Waals surface area contributed by atoms with Crippen LogP contribution in [0.3, 0.4) is 0 Å². The van der Waals surface area contributed by atoms with Crippen LogP contribution in [-0.2, 0) is 20.0 Å². The zero-order valence-electron chi connectivity index (χ0n) is 10.8. The lowest BCUT2D eigenvalue weighted by molar-refractivity contribution is 0.572. The van der Waals surface area contributed by atoms with Crippen molar-refractivity contribution in [3.05, 3.63) is 18.3 Å². The number of hydrogen-bond donors (Lipinski definition) is 4. The van der Waals surface area contributed by atoms with E-state index in [1.807, 2.05) is 0 Å². The molecule has 0 aliphatic rings. The van der Waals surface area contributed by atoms with Gasteiger partial charge in [0.15, 0.2) is 5.03 Å². The van der Waals surface area contributed by atoms with Crippen LogP contribution in [0.15, 0.2) is 23.4 Å². The van der Waals surface area contributed by atoms with Gasteiger partial charge >= 0.3 is 0 Å². The normalized spacial score (nSPS) is 12.3. The lowest BCUT2D eigenvalue weighted by Crippen LogP contribution is -2.30. The van der Waals surface area contributed by atoms with E-state index in [0.29, 0.717) is 6.42 Å². The van der Waals surface area contributed by atoms with Crippen molar-refractivity contribution in [1.29, 1.82) is 0 Å². The van der Waals surface area contributed by atoms with Crippen molar-refractivity contribution in [2.24, 2.45) is 5.84 Å². The Balaban J connectivity index is 2.58. The largest absolute Gasteiger partial charge is 0.321 e. The van der Waals surface area contributed by atoms with Crippen molar-refractivity contribution in [3.63, 3.8) is 0 Å². The summed E-state index contributed by atoms with van der Waals surface area (Å²) >= 11 is 0. The van der Waals surface area contributed by atoms with Crippen LogP contribution in [0.2, 0.25) is 0 Å². The molecule has 0 aromatic carbocycles. The van der Waals surface area contributed by atoms with Gasteiger partial charge in [0.25, 0.3) is 10.0 Å². The van der Waals surface area contributed by atoms with Crippen LogP contribution in [0.1, 0.15) is 6.42 Å². The van der Waals surface area contributed by atoms with Crippen molar-refractivity contribution in [3.8, 4) is 0 Å². The van der Waals surface area contributed by atoms with Gasteiger partial charge in [-0.3, -0.25) is 5.84 Å². The molecule has 1 heterocycles. The van der Waals surface area contributed by atoms with E-state index in [0.717, 1.165) is 6.26 Å². The molecule has 0 fully saturated rings. The zero-order valence-corrected chi connectivity index (χ0v) is 12.5. The Morgan fingerprint density at radius 2 is 1.85 bits per heavy atom. The molecular formula is C9H17N5O4S2. The third kappa shape index (κ3) is 5.38. The molecule has 1 aromatic heterocycles. The van der Waals surface area contributed by atoms with E-state index in [1.54, 1.807) is 6.07 Å². The number of sulfonamides is 2. The SMILES string of the molecule is CS(=O)(=O)NCCCNS(=O)(=O)c1ncccc1NN. The molecule has 0 atom stereocenters. The Hall–Kier alpha value is -1.27. The number of nitrogen functional groups attached to an aromatic ring is 1. The van der Waals surface area contributed by atoms with Gasteiger partial charge in [-0.15, -0.1) is 0 Å². The Morgan fingerprint density at radius 1 is 1.20 bits per heavy atom. The molecule has 0 saturated heterocycles. The molecule has 1 aromatic rings. The van der Waals surface area contributed by atoms with E-state index >= 15 is 0 Å². The van der Waals surface area contributed by atoms with Crippen molar-refractivity contribution >= 4 is 25.7 Å². The van der Waals surface area contributed by atoms with E-state index in [4.69, 9.17) is 5.84 Å². The number of rotatable bonds is 8. The maximum Gasteiger partial charge on any atom is 0.260 e. The summed E-state index contributed by atoms with van der Waals surface area (Å²) < 4.78 is 50.1. The number of nitrogens with one attached hydrogen (secondary N) is 3. The predicted octanol–water partition coefficient (Wildman–Crippen LogP) is -1.42. The third-order valence-electron chi connectivity index (χ3n) is 2.19. The molecule has 11 heteroatoms. The predicted molar refractivity (Wildman–Crippen MR) is 74.7 cm³/mol. The summed E-state index contributed by atoms with van der Waals surface area (Å²) in [6.45, 7) is 0.219. The summed E-state index contributed by atoms with van der Waals surface area (Å²) in [5.74, 6) is 5.21. The van der Waals surface area contributed by atoms with Crippen LogP contribution in [0.4, 0.5) is 5.69 Å². The van der Waals surface area contributed by atoms with Gasteiger partial charge in [-0.25, -0.2) is 31.3 Å². The molecule has 0 unspecified atom stereocenters. The van der Waals surface area contributed by atoms with Crippen LogP contribution in [0.25, 0.3) is 0 Å². The molecule has 114 valence electrons. The molecule has 0 aliphatic carbocycles. The number of pyridine rings is 1. The smallest absolute Gasteiger partial charge is 0.260 e. The van der Waals surface area contributed by atoms with Crippen molar-refractivity contribution in [1.82, 2.24) is 14.4 Å². The first-order chi connectivity index (χ1) is 9.26. The average molecular weight is 323 g/mol. The molecule has 1 rings (SSSR count). The van der Waals surface area contributed by atoms with E-state index in [2.05, 4.69) is 19.9 Å². The molecule has 0 radical (unpaired) electrons. The Labute approximate surface area is 118 Å². The molecule has 5 N–H and O–H groups in total. The summed E-state index contributed by atoms with van der Waals surface area (Å²) in [7, 11) is -7.07. The Morgan fingerprint density at radius 3 is 2.45 bits per heavy atom. The van der Waals surface area contributed by atoms with Crippen LogP contribution in [0.5, 0.6) is 0 Å². The molecule has 0 amide bonds. The number of nitrogens with zero attached hydrogens (tertiary/aromatic N) is 1. The van der Waals surface area contributed by atoms with Crippen molar-refractivity contribution in [2.75, 3.05) is 24.8 Å². The Kier molecular flexibility index (Phi) is 5.83. The minimum Gasteiger partial charge on any atom is -0.321 e. The standard InChI is InChI=1S/C9H17N5O4S2/c1-19(15,16)12-6-3-7-13-20(17,18)9-8(14-10)4-2-5-11-9/h2,4-5,12-14H,3,6-7,10H2,1H3. The lowest BCUT2D eigenvalue weighted by Gasteiger charge is -2.09. The highest BCUT2D eigenvalue weighted by Gasteiger charge is 2.18. The summed E-state index contributed by atoms with van der Waals surface area (Å²) in [5, 5.41) is -0.210. The molecule has 0 saturated carbocycles. The average Bonchev–Trinajstić information content (AvgIpc) is 2.36. The van der Waals surface area contributed by atoms with E-state index < -0.39 is 20.0 Å². The molecule has 20 heavy (non-hydrogen) atoms. The number of hydrazine groups is 1. The second-order valence-electron chi connectivity index (χ2n) is 3.92. The summed E-state index contributed by atoms with van der Waals surface area (Å²) in [4.78, 5) is 3.75. The highest BCUT2D eigenvalue weighted by molar-refractivity contribution is 7.89. The van der Waals surface area contributed by atoms with Gasteiger partial charge in [0.2, 0.25) is 10.0 Å². The molecule has 0 aliphatic heterocycles. The molecule has 9 nitrogen and oxygen atoms in total. The monoisotopic (exact) mass is 323 g/mol. The molecule has 0 spiro atoms. The fraction of sp³-hybridized carbons (Fsp3) is 0.444. The second-order valence-corrected chi connectivity index (χ2v) is 7.43.